The molecule has 1 aromatic heterocycles. The van der Waals surface area contributed by atoms with Crippen LogP contribution in [-0.2, 0) is 16.0 Å². The van der Waals surface area contributed by atoms with Gasteiger partial charge in [-0.15, -0.1) is 0 Å². The minimum Gasteiger partial charge on any atom is -0.469 e. The third-order valence-corrected chi connectivity index (χ3v) is 3.22. The molecule has 2 heterocycles. The summed E-state index contributed by atoms with van der Waals surface area (Å²) in [6, 6.07) is 3.56. The van der Waals surface area contributed by atoms with Crippen LogP contribution in [0.3, 0.4) is 0 Å². The average Bonchev–Trinajstić information content (AvgIpc) is 2.96. The molecule has 5 nitrogen and oxygen atoms in total. The molecule has 110 valence electrons. The summed E-state index contributed by atoms with van der Waals surface area (Å²) in [4.78, 5) is 25.7. The minimum absolute atomic E-state index is 0.117. The lowest BCUT2D eigenvalue weighted by Crippen LogP contribution is -2.36. The highest BCUT2D eigenvalue weighted by Crippen LogP contribution is 2.21. The number of furan rings is 1. The van der Waals surface area contributed by atoms with E-state index in [1.165, 1.54) is 0 Å². The van der Waals surface area contributed by atoms with Crippen LogP contribution in [0.2, 0.25) is 0 Å². The lowest BCUT2D eigenvalue weighted by molar-refractivity contribution is -0.122. The Bertz CT molecular complexity index is 473. The van der Waals surface area contributed by atoms with Gasteiger partial charge >= 0.3 is 6.09 Å². The van der Waals surface area contributed by atoms with Crippen molar-refractivity contribution in [1.29, 1.82) is 0 Å². The van der Waals surface area contributed by atoms with Crippen LogP contribution < -0.4 is 0 Å². The average molecular weight is 279 g/mol. The Morgan fingerprint density at radius 3 is 2.80 bits per heavy atom. The maximum absolute atomic E-state index is 12.1. The smallest absolute Gasteiger partial charge is 0.410 e. The zero-order chi connectivity index (χ0) is 14.8. The van der Waals surface area contributed by atoms with Crippen LogP contribution in [0.1, 0.15) is 33.0 Å². The predicted molar refractivity (Wildman–Crippen MR) is 73.3 cm³/mol. The number of nitrogens with zero attached hydrogens (tertiary/aromatic N) is 1. The molecule has 5 heteroatoms. The van der Waals surface area contributed by atoms with Crippen molar-refractivity contribution in [3.63, 3.8) is 0 Å². The Morgan fingerprint density at radius 2 is 2.20 bits per heavy atom. The van der Waals surface area contributed by atoms with Gasteiger partial charge in [0.25, 0.3) is 0 Å². The first-order chi connectivity index (χ1) is 9.35. The topological polar surface area (TPSA) is 59.8 Å². The van der Waals surface area contributed by atoms with Crippen LogP contribution in [-0.4, -0.2) is 35.5 Å². The number of amides is 1. The molecule has 20 heavy (non-hydrogen) atoms. The van der Waals surface area contributed by atoms with Gasteiger partial charge in [0, 0.05) is 19.0 Å². The number of hydrogen-bond acceptors (Lipinski definition) is 4. The predicted octanol–water partition coefficient (Wildman–Crippen LogP) is 2.65. The van der Waals surface area contributed by atoms with Crippen LogP contribution in [0.25, 0.3) is 0 Å². The Kier molecular flexibility index (Phi) is 4.16. The number of Topliss-reactive ketones (excluding diaryl/α,β-unsaturated/α-hetero) is 1. The zero-order valence-corrected chi connectivity index (χ0v) is 12.2. The van der Waals surface area contributed by atoms with E-state index < -0.39 is 5.60 Å². The van der Waals surface area contributed by atoms with Crippen molar-refractivity contribution < 1.29 is 18.7 Å². The molecule has 1 atom stereocenters. The van der Waals surface area contributed by atoms with Crippen molar-refractivity contribution in [2.45, 2.75) is 39.2 Å². The summed E-state index contributed by atoms with van der Waals surface area (Å²) < 4.78 is 10.5. The number of carbonyl (C=O) groups excluding carboxylic acids is 2. The SMILES string of the molecule is CC(C)(C)OC(=O)N1CCC(C(=O)Cc2ccco2)C1. The van der Waals surface area contributed by atoms with Crippen molar-refractivity contribution in [3.8, 4) is 0 Å². The molecule has 0 aliphatic carbocycles. The van der Waals surface area contributed by atoms with Crippen LogP contribution >= 0.6 is 0 Å². The normalized spacial score (nSPS) is 19.1. The molecular formula is C15H21NO4. The molecule has 1 amide bonds. The first-order valence-corrected chi connectivity index (χ1v) is 6.88. The van der Waals surface area contributed by atoms with Crippen LogP contribution in [0.15, 0.2) is 22.8 Å². The van der Waals surface area contributed by atoms with Crippen molar-refractivity contribution in [3.05, 3.63) is 24.2 Å². The van der Waals surface area contributed by atoms with Gasteiger partial charge in [0.05, 0.1) is 12.7 Å². The van der Waals surface area contributed by atoms with Gasteiger partial charge < -0.3 is 14.1 Å². The highest BCUT2D eigenvalue weighted by molar-refractivity contribution is 5.84. The third-order valence-electron chi connectivity index (χ3n) is 3.22. The van der Waals surface area contributed by atoms with E-state index >= 15 is 0 Å². The molecule has 2 rings (SSSR count). The van der Waals surface area contributed by atoms with Gasteiger partial charge in [0.1, 0.15) is 17.1 Å². The monoisotopic (exact) mass is 279 g/mol. The van der Waals surface area contributed by atoms with Crippen molar-refractivity contribution in [1.82, 2.24) is 4.90 Å². The summed E-state index contributed by atoms with van der Waals surface area (Å²) in [5.74, 6) is 0.671. The Hall–Kier alpha value is -1.78. The molecule has 1 aromatic rings. The Morgan fingerprint density at radius 1 is 1.45 bits per heavy atom. The lowest BCUT2D eigenvalue weighted by Gasteiger charge is -2.24. The largest absolute Gasteiger partial charge is 0.469 e. The molecule has 0 radical (unpaired) electrons. The van der Waals surface area contributed by atoms with Gasteiger partial charge in [-0.1, -0.05) is 0 Å². The number of ether oxygens (including phenoxy) is 1. The molecule has 1 aliphatic heterocycles. The first-order valence-electron chi connectivity index (χ1n) is 6.88. The summed E-state index contributed by atoms with van der Waals surface area (Å²) in [5, 5.41) is 0. The number of likely N-dealkylation sites (tertiary alicyclic amines) is 1. The van der Waals surface area contributed by atoms with E-state index in [9.17, 15) is 9.59 Å². The molecule has 1 aliphatic rings. The number of ketones is 1. The second-order valence-electron chi connectivity index (χ2n) is 6.13. The van der Waals surface area contributed by atoms with E-state index in [0.717, 1.165) is 0 Å². The van der Waals surface area contributed by atoms with Crippen LogP contribution in [0.4, 0.5) is 4.79 Å². The summed E-state index contributed by atoms with van der Waals surface area (Å²) >= 11 is 0. The van der Waals surface area contributed by atoms with Crippen molar-refractivity contribution >= 4 is 11.9 Å². The molecule has 0 bridgehead atoms. The quantitative estimate of drug-likeness (QED) is 0.853. The van der Waals surface area contributed by atoms with Gasteiger partial charge in [0.2, 0.25) is 0 Å². The first kappa shape index (κ1) is 14.6. The highest BCUT2D eigenvalue weighted by atomic mass is 16.6. The Balaban J connectivity index is 1.85. The van der Waals surface area contributed by atoms with E-state index in [4.69, 9.17) is 9.15 Å². The maximum Gasteiger partial charge on any atom is 0.410 e. The number of carbonyl (C=O) groups is 2. The van der Waals surface area contributed by atoms with Gasteiger partial charge in [0.15, 0.2) is 0 Å². The molecule has 1 unspecified atom stereocenters. The fourth-order valence-corrected chi connectivity index (χ4v) is 2.24. The molecule has 0 N–H and O–H groups in total. The fraction of sp³-hybridized carbons (Fsp3) is 0.600. The summed E-state index contributed by atoms with van der Waals surface area (Å²) in [6.45, 7) is 6.51. The van der Waals surface area contributed by atoms with E-state index in [1.54, 1.807) is 23.3 Å². The molecular weight excluding hydrogens is 258 g/mol. The lowest BCUT2D eigenvalue weighted by atomic mass is 10.00. The fourth-order valence-electron chi connectivity index (χ4n) is 2.24. The molecule has 0 aromatic carbocycles. The van der Waals surface area contributed by atoms with E-state index in [2.05, 4.69) is 0 Å². The van der Waals surface area contributed by atoms with E-state index in [-0.39, 0.29) is 17.8 Å². The van der Waals surface area contributed by atoms with Crippen LogP contribution in [0, 0.1) is 5.92 Å². The second-order valence-corrected chi connectivity index (χ2v) is 6.13. The third kappa shape index (κ3) is 3.85. The van der Waals surface area contributed by atoms with Gasteiger partial charge in [-0.25, -0.2) is 4.79 Å². The summed E-state index contributed by atoms with van der Waals surface area (Å²) in [6.07, 6.45) is 2.20. The molecule has 0 spiro atoms. The second kappa shape index (κ2) is 5.69. The van der Waals surface area contributed by atoms with Crippen molar-refractivity contribution in [2.75, 3.05) is 13.1 Å². The van der Waals surface area contributed by atoms with Gasteiger partial charge in [-0.2, -0.15) is 0 Å². The number of hydrogen-bond donors (Lipinski definition) is 0. The molecule has 1 saturated heterocycles. The maximum atomic E-state index is 12.1. The molecule has 0 saturated carbocycles. The zero-order valence-electron chi connectivity index (χ0n) is 12.2. The van der Waals surface area contributed by atoms with E-state index in [1.807, 2.05) is 20.8 Å². The van der Waals surface area contributed by atoms with Crippen LogP contribution in [0.5, 0.6) is 0 Å². The van der Waals surface area contributed by atoms with Gasteiger partial charge in [-0.05, 0) is 39.3 Å². The summed E-state index contributed by atoms with van der Waals surface area (Å²) in [5.41, 5.74) is -0.507. The summed E-state index contributed by atoms with van der Waals surface area (Å²) in [7, 11) is 0. The molecule has 1 fully saturated rings. The van der Waals surface area contributed by atoms with E-state index in [0.29, 0.717) is 31.7 Å². The Labute approximate surface area is 118 Å². The van der Waals surface area contributed by atoms with Crippen molar-refractivity contribution in [2.24, 2.45) is 5.92 Å². The standard InChI is InChI=1S/C15H21NO4/c1-15(2,3)20-14(18)16-7-6-11(10-16)13(17)9-12-5-4-8-19-12/h4-5,8,11H,6-7,9-10H2,1-3H3. The van der Waals surface area contributed by atoms with Gasteiger partial charge in [-0.3, -0.25) is 4.79 Å². The minimum atomic E-state index is -0.507. The number of rotatable bonds is 3. The highest BCUT2D eigenvalue weighted by Gasteiger charge is 2.33.